The van der Waals surface area contributed by atoms with Crippen LogP contribution in [0.5, 0.6) is 0 Å². The lowest BCUT2D eigenvalue weighted by Crippen LogP contribution is -2.20. The molecule has 1 rings (SSSR count). The number of aliphatic hydroxyl groups excluding tert-OH is 1. The lowest BCUT2D eigenvalue weighted by molar-refractivity contribution is -0.146. The van der Waals surface area contributed by atoms with Gasteiger partial charge in [0.2, 0.25) is 0 Å². The first-order valence-electron chi connectivity index (χ1n) is 4.08. The summed E-state index contributed by atoms with van der Waals surface area (Å²) in [5.41, 5.74) is 0. The first-order chi connectivity index (χ1) is 6.56. The first kappa shape index (κ1) is 11.4. The van der Waals surface area contributed by atoms with E-state index in [0.717, 1.165) is 11.3 Å². The number of aliphatic carboxylic acids is 1. The van der Waals surface area contributed by atoms with Gasteiger partial charge in [0.05, 0.1) is 12.1 Å². The Balaban J connectivity index is 2.82. The van der Waals surface area contributed by atoms with Crippen molar-refractivity contribution in [1.82, 2.24) is 4.98 Å². The van der Waals surface area contributed by atoms with Crippen molar-refractivity contribution < 1.29 is 15.0 Å². The summed E-state index contributed by atoms with van der Waals surface area (Å²) in [5, 5.41) is 18.8. The Bertz CT molecular complexity index is 328. The molecular weight excluding hydrogens is 226 g/mol. The Kier molecular flexibility index (Phi) is 3.86. The molecule has 2 N–H and O–H groups in total. The van der Waals surface area contributed by atoms with E-state index < -0.39 is 18.0 Å². The molecule has 1 aromatic rings. The molecule has 2 unspecified atom stereocenters. The van der Waals surface area contributed by atoms with Gasteiger partial charge in [-0.1, -0.05) is 18.5 Å². The molecule has 0 bridgehead atoms. The molecule has 0 aliphatic rings. The summed E-state index contributed by atoms with van der Waals surface area (Å²) in [6, 6.07) is 0. The topological polar surface area (TPSA) is 70.4 Å². The van der Waals surface area contributed by atoms with E-state index in [4.69, 9.17) is 16.7 Å². The van der Waals surface area contributed by atoms with E-state index in [9.17, 15) is 9.90 Å². The lowest BCUT2D eigenvalue weighted by atomic mass is 10.0. The van der Waals surface area contributed by atoms with Crippen molar-refractivity contribution in [3.63, 3.8) is 0 Å². The number of nitrogens with zero attached hydrogens (tertiary/aromatic N) is 1. The molecule has 4 nitrogen and oxygen atoms in total. The van der Waals surface area contributed by atoms with Crippen molar-refractivity contribution in [2.45, 2.75) is 19.4 Å². The van der Waals surface area contributed by atoms with E-state index in [1.807, 2.05) is 0 Å². The highest BCUT2D eigenvalue weighted by atomic mass is 35.5. The number of carbonyl (C=O) groups is 1. The van der Waals surface area contributed by atoms with Crippen LogP contribution in [0, 0.1) is 5.92 Å². The average molecular weight is 236 g/mol. The van der Waals surface area contributed by atoms with Crippen molar-refractivity contribution in [1.29, 1.82) is 0 Å². The van der Waals surface area contributed by atoms with Gasteiger partial charge in [-0.25, -0.2) is 4.98 Å². The zero-order chi connectivity index (χ0) is 10.7. The van der Waals surface area contributed by atoms with Gasteiger partial charge in [-0.15, -0.1) is 11.3 Å². The second-order valence-corrected chi connectivity index (χ2v) is 4.49. The summed E-state index contributed by atoms with van der Waals surface area (Å²) in [7, 11) is 0. The quantitative estimate of drug-likeness (QED) is 0.837. The second-order valence-electron chi connectivity index (χ2n) is 2.80. The third kappa shape index (κ3) is 2.43. The highest BCUT2D eigenvalue weighted by Crippen LogP contribution is 2.30. The molecule has 0 aromatic carbocycles. The molecule has 14 heavy (non-hydrogen) atoms. The maximum Gasteiger partial charge on any atom is 0.309 e. The average Bonchev–Trinajstić information content (AvgIpc) is 2.52. The van der Waals surface area contributed by atoms with Gasteiger partial charge in [0.25, 0.3) is 0 Å². The van der Waals surface area contributed by atoms with Crippen LogP contribution in [0.15, 0.2) is 6.20 Å². The summed E-state index contributed by atoms with van der Waals surface area (Å²) in [6.07, 6.45) is 0.683. The minimum absolute atomic E-state index is 0.351. The van der Waals surface area contributed by atoms with Gasteiger partial charge >= 0.3 is 5.97 Å². The van der Waals surface area contributed by atoms with Gasteiger partial charge in [0, 0.05) is 0 Å². The molecule has 0 aliphatic carbocycles. The van der Waals surface area contributed by atoms with Gasteiger partial charge in [-0.3, -0.25) is 4.79 Å². The van der Waals surface area contributed by atoms with Gasteiger partial charge in [0.15, 0.2) is 0 Å². The van der Waals surface area contributed by atoms with Crippen LogP contribution in [-0.4, -0.2) is 21.2 Å². The monoisotopic (exact) mass is 235 g/mol. The molecule has 0 aliphatic heterocycles. The molecule has 0 amide bonds. The fourth-order valence-corrected chi connectivity index (χ4v) is 2.09. The fraction of sp³-hybridized carbons (Fsp3) is 0.500. The molecule has 1 aromatic heterocycles. The number of aromatic nitrogens is 1. The molecule has 0 radical (unpaired) electrons. The summed E-state index contributed by atoms with van der Waals surface area (Å²) < 4.78 is 0.444. The third-order valence-corrected chi connectivity index (χ3v) is 3.07. The summed E-state index contributed by atoms with van der Waals surface area (Å²) in [4.78, 5) is 14.6. The van der Waals surface area contributed by atoms with Crippen LogP contribution in [0.25, 0.3) is 0 Å². The van der Waals surface area contributed by atoms with Crippen LogP contribution < -0.4 is 0 Å². The molecule has 2 atom stereocenters. The van der Waals surface area contributed by atoms with E-state index in [1.165, 1.54) is 6.20 Å². The minimum atomic E-state index is -1.07. The van der Waals surface area contributed by atoms with Crippen LogP contribution in [0.3, 0.4) is 0 Å². The van der Waals surface area contributed by atoms with Gasteiger partial charge in [-0.05, 0) is 6.42 Å². The molecule has 6 heteroatoms. The van der Waals surface area contributed by atoms with E-state index >= 15 is 0 Å². The number of hydrogen-bond acceptors (Lipinski definition) is 4. The Morgan fingerprint density at radius 2 is 2.43 bits per heavy atom. The second kappa shape index (κ2) is 4.72. The number of hydrogen-bond donors (Lipinski definition) is 2. The highest BCUT2D eigenvalue weighted by molar-refractivity contribution is 7.15. The van der Waals surface area contributed by atoms with Gasteiger partial charge in [-0.2, -0.15) is 0 Å². The van der Waals surface area contributed by atoms with Gasteiger partial charge in [0.1, 0.15) is 15.4 Å². The predicted octanol–water partition coefficient (Wildman–Crippen LogP) is 1.94. The molecular formula is C8H10ClNO3S. The Morgan fingerprint density at radius 1 is 1.79 bits per heavy atom. The lowest BCUT2D eigenvalue weighted by Gasteiger charge is -2.14. The van der Waals surface area contributed by atoms with E-state index in [2.05, 4.69) is 4.98 Å². The van der Waals surface area contributed by atoms with Crippen LogP contribution >= 0.6 is 22.9 Å². The van der Waals surface area contributed by atoms with Crippen molar-refractivity contribution in [2.75, 3.05) is 0 Å². The predicted molar refractivity (Wildman–Crippen MR) is 53.5 cm³/mol. The first-order valence-corrected chi connectivity index (χ1v) is 5.27. The number of carboxylic acids is 1. The highest BCUT2D eigenvalue weighted by Gasteiger charge is 2.28. The molecule has 0 saturated heterocycles. The van der Waals surface area contributed by atoms with Crippen molar-refractivity contribution >= 4 is 28.9 Å². The zero-order valence-electron chi connectivity index (χ0n) is 7.48. The largest absolute Gasteiger partial charge is 0.481 e. The summed E-state index contributed by atoms with van der Waals surface area (Å²) in [6.45, 7) is 1.71. The molecule has 78 valence electrons. The zero-order valence-corrected chi connectivity index (χ0v) is 9.05. The number of rotatable bonds is 4. The van der Waals surface area contributed by atoms with Crippen LogP contribution in [0.2, 0.25) is 4.34 Å². The van der Waals surface area contributed by atoms with Crippen LogP contribution in [-0.2, 0) is 4.79 Å². The summed E-state index contributed by atoms with van der Waals surface area (Å²) >= 11 is 6.73. The standard InChI is InChI=1S/C8H10ClNO3S/c1-2-4(8(12)13)6(11)7-10-3-5(9)14-7/h3-4,6,11H,2H2,1H3,(H,12,13). The Hall–Kier alpha value is -0.650. The number of carboxylic acid groups (broad SMARTS) is 1. The van der Waals surface area contributed by atoms with Crippen molar-refractivity contribution in [2.24, 2.45) is 5.92 Å². The van der Waals surface area contributed by atoms with Crippen LogP contribution in [0.4, 0.5) is 0 Å². The molecule has 1 heterocycles. The maximum absolute atomic E-state index is 10.7. The van der Waals surface area contributed by atoms with Crippen molar-refractivity contribution in [3.05, 3.63) is 15.5 Å². The van der Waals surface area contributed by atoms with Gasteiger partial charge < -0.3 is 10.2 Å². The van der Waals surface area contributed by atoms with Crippen molar-refractivity contribution in [3.8, 4) is 0 Å². The fourth-order valence-electron chi connectivity index (χ4n) is 1.11. The van der Waals surface area contributed by atoms with Crippen LogP contribution in [0.1, 0.15) is 24.5 Å². The van der Waals surface area contributed by atoms with E-state index in [-0.39, 0.29) is 0 Å². The SMILES string of the molecule is CCC(C(=O)O)C(O)c1ncc(Cl)s1. The normalized spacial score (nSPS) is 15.1. The minimum Gasteiger partial charge on any atom is -0.481 e. The number of thiazole rings is 1. The van der Waals surface area contributed by atoms with E-state index in [0.29, 0.717) is 15.8 Å². The maximum atomic E-state index is 10.7. The Labute approximate surface area is 90.2 Å². The number of halogens is 1. The molecule has 0 spiro atoms. The Morgan fingerprint density at radius 3 is 2.79 bits per heavy atom. The molecule has 0 fully saturated rings. The smallest absolute Gasteiger partial charge is 0.309 e. The third-order valence-electron chi connectivity index (χ3n) is 1.89. The van der Waals surface area contributed by atoms with E-state index in [1.54, 1.807) is 6.92 Å². The summed E-state index contributed by atoms with van der Waals surface area (Å²) in [5.74, 6) is -1.84. The molecule has 0 saturated carbocycles. The number of aliphatic hydroxyl groups is 1.